The van der Waals surface area contributed by atoms with E-state index in [-0.39, 0.29) is 12.4 Å². The molecule has 0 unspecified atom stereocenters. The Labute approximate surface area is 200 Å². The largest absolute Gasteiger partial charge is 0.394 e. The highest BCUT2D eigenvalue weighted by atomic mass is 16.6. The zero-order chi connectivity index (χ0) is 24.7. The lowest BCUT2D eigenvalue weighted by Crippen LogP contribution is -2.33. The number of anilines is 3. The molecule has 2 aromatic heterocycles. The lowest BCUT2D eigenvalue weighted by molar-refractivity contribution is -0.0503. The molecule has 0 bridgehead atoms. The van der Waals surface area contributed by atoms with E-state index >= 15 is 0 Å². The van der Waals surface area contributed by atoms with Crippen LogP contribution in [0.3, 0.4) is 0 Å². The molecule has 35 heavy (non-hydrogen) atoms. The summed E-state index contributed by atoms with van der Waals surface area (Å²) in [5, 5.41) is 40.0. The Kier molecular flexibility index (Phi) is 6.09. The minimum atomic E-state index is -1.32. The van der Waals surface area contributed by atoms with E-state index in [1.54, 1.807) is 16.5 Å². The van der Waals surface area contributed by atoms with Gasteiger partial charge >= 0.3 is 0 Å². The van der Waals surface area contributed by atoms with Crippen molar-refractivity contribution in [2.24, 2.45) is 0 Å². The molecule has 1 fully saturated rings. The fraction of sp³-hybridized carbons (Fsp3) is 0.292. The highest BCUT2D eigenvalue weighted by Crippen LogP contribution is 2.38. The van der Waals surface area contributed by atoms with Crippen molar-refractivity contribution in [2.45, 2.75) is 31.1 Å². The lowest BCUT2D eigenvalue weighted by Gasteiger charge is -2.24. The number of imidazole rings is 1. The average Bonchev–Trinajstić information content (AvgIpc) is 3.41. The molecule has 182 valence electrons. The quantitative estimate of drug-likeness (QED) is 0.270. The van der Waals surface area contributed by atoms with Gasteiger partial charge in [0.05, 0.1) is 13.2 Å². The van der Waals surface area contributed by atoms with Crippen LogP contribution in [0, 0.1) is 0 Å². The summed E-state index contributed by atoms with van der Waals surface area (Å²) in [4.78, 5) is 14.7. The second-order valence-corrected chi connectivity index (χ2v) is 8.41. The fourth-order valence-electron chi connectivity index (χ4n) is 4.32. The first-order chi connectivity index (χ1) is 16.9. The SMILES string of the molecule is CN(c1ccc(-c2cccc(CO)c2)cc1)c1nc2c(N)ncnc2n1[C@@H]1O[C@H](CO)[C@@H](O)[C@H]1O. The zero-order valence-corrected chi connectivity index (χ0v) is 18.9. The number of rotatable bonds is 6. The summed E-state index contributed by atoms with van der Waals surface area (Å²) < 4.78 is 7.33. The van der Waals surface area contributed by atoms with E-state index in [1.807, 2.05) is 48.5 Å². The second-order valence-electron chi connectivity index (χ2n) is 8.41. The van der Waals surface area contributed by atoms with Gasteiger partial charge in [-0.05, 0) is 34.9 Å². The number of nitrogens with two attached hydrogens (primary N) is 1. The molecule has 6 N–H and O–H groups in total. The number of nitrogens with zero attached hydrogens (tertiary/aromatic N) is 5. The number of aliphatic hydroxyl groups is 4. The van der Waals surface area contributed by atoms with Crippen LogP contribution in [0.1, 0.15) is 11.8 Å². The van der Waals surface area contributed by atoms with Crippen molar-refractivity contribution in [3.63, 3.8) is 0 Å². The molecule has 0 spiro atoms. The van der Waals surface area contributed by atoms with Crippen LogP contribution in [-0.2, 0) is 11.3 Å². The van der Waals surface area contributed by atoms with Gasteiger partial charge in [-0.3, -0.25) is 4.57 Å². The summed E-state index contributed by atoms with van der Waals surface area (Å²) in [5.41, 5.74) is 10.3. The van der Waals surface area contributed by atoms with Crippen LogP contribution < -0.4 is 10.6 Å². The first kappa shape index (κ1) is 23.1. The van der Waals surface area contributed by atoms with Gasteiger partial charge in [0.1, 0.15) is 24.6 Å². The topological polar surface area (TPSA) is 163 Å². The monoisotopic (exact) mass is 478 g/mol. The van der Waals surface area contributed by atoms with E-state index in [4.69, 9.17) is 10.5 Å². The third-order valence-electron chi connectivity index (χ3n) is 6.26. The predicted octanol–water partition coefficient (Wildman–Crippen LogP) is 0.947. The molecule has 4 atom stereocenters. The molecule has 5 rings (SSSR count). The highest BCUT2D eigenvalue weighted by molar-refractivity contribution is 5.85. The standard InChI is InChI=1S/C24H26N6O5/c1-29(16-7-5-14(6-8-16)15-4-2-3-13(9-15)10-31)24-28-18-21(25)26-12-27-22(18)30(24)23-20(34)19(33)17(11-32)35-23/h2-9,12,17,19-20,23,31-34H,10-11H2,1H3,(H2,25,26,27)/t17-,19-,20-,23-/m1/s1. The molecule has 4 aromatic rings. The third-order valence-corrected chi connectivity index (χ3v) is 6.26. The molecule has 0 radical (unpaired) electrons. The molecule has 0 saturated carbocycles. The first-order valence-corrected chi connectivity index (χ1v) is 11.1. The molecule has 1 aliphatic heterocycles. The Morgan fingerprint density at radius 1 is 1.03 bits per heavy atom. The zero-order valence-electron chi connectivity index (χ0n) is 18.9. The first-order valence-electron chi connectivity index (χ1n) is 11.1. The van der Waals surface area contributed by atoms with Crippen LogP contribution in [0.5, 0.6) is 0 Å². The van der Waals surface area contributed by atoms with Crippen molar-refractivity contribution in [1.82, 2.24) is 19.5 Å². The van der Waals surface area contributed by atoms with Crippen LogP contribution in [0.2, 0.25) is 0 Å². The fourth-order valence-corrected chi connectivity index (χ4v) is 4.32. The van der Waals surface area contributed by atoms with Crippen molar-refractivity contribution < 1.29 is 25.2 Å². The molecule has 0 aliphatic carbocycles. The number of aliphatic hydroxyl groups excluding tert-OH is 4. The predicted molar refractivity (Wildman–Crippen MR) is 129 cm³/mol. The minimum Gasteiger partial charge on any atom is -0.394 e. The summed E-state index contributed by atoms with van der Waals surface area (Å²) >= 11 is 0. The smallest absolute Gasteiger partial charge is 0.214 e. The second kappa shape index (κ2) is 9.21. The van der Waals surface area contributed by atoms with E-state index in [1.165, 1.54) is 6.33 Å². The molecule has 3 heterocycles. The van der Waals surface area contributed by atoms with E-state index in [0.29, 0.717) is 17.1 Å². The van der Waals surface area contributed by atoms with Crippen molar-refractivity contribution in [1.29, 1.82) is 0 Å². The van der Waals surface area contributed by atoms with Gasteiger partial charge in [0.25, 0.3) is 0 Å². The van der Waals surface area contributed by atoms with Crippen LogP contribution in [0.15, 0.2) is 54.9 Å². The Hall–Kier alpha value is -3.61. The maximum absolute atomic E-state index is 10.7. The maximum Gasteiger partial charge on any atom is 0.214 e. The Bertz CT molecular complexity index is 1340. The number of nitrogen functional groups attached to an aromatic ring is 1. The molecule has 11 heteroatoms. The maximum atomic E-state index is 10.7. The molecule has 11 nitrogen and oxygen atoms in total. The summed E-state index contributed by atoms with van der Waals surface area (Å²) in [6.45, 7) is -0.486. The van der Waals surface area contributed by atoms with Gasteiger partial charge in [0.2, 0.25) is 5.95 Å². The molecular formula is C24H26N6O5. The van der Waals surface area contributed by atoms with Gasteiger partial charge < -0.3 is 35.8 Å². The van der Waals surface area contributed by atoms with Crippen LogP contribution >= 0.6 is 0 Å². The van der Waals surface area contributed by atoms with Gasteiger partial charge in [-0.2, -0.15) is 0 Å². The van der Waals surface area contributed by atoms with Crippen molar-refractivity contribution in [3.8, 4) is 11.1 Å². The molecular weight excluding hydrogens is 452 g/mol. The van der Waals surface area contributed by atoms with Crippen LogP contribution in [0.25, 0.3) is 22.3 Å². The van der Waals surface area contributed by atoms with Gasteiger partial charge in [0, 0.05) is 12.7 Å². The van der Waals surface area contributed by atoms with Gasteiger partial charge in [-0.15, -0.1) is 0 Å². The van der Waals surface area contributed by atoms with Crippen LogP contribution in [0.4, 0.5) is 17.5 Å². The summed E-state index contributed by atoms with van der Waals surface area (Å²) in [6, 6.07) is 15.4. The number of aromatic nitrogens is 4. The van der Waals surface area contributed by atoms with E-state index in [9.17, 15) is 20.4 Å². The molecule has 0 amide bonds. The molecule has 2 aromatic carbocycles. The third kappa shape index (κ3) is 3.99. The highest BCUT2D eigenvalue weighted by Gasteiger charge is 2.45. The molecule has 1 saturated heterocycles. The number of fused-ring (bicyclic) bond motifs is 1. The normalized spacial score (nSPS) is 22.1. The van der Waals surface area contributed by atoms with E-state index in [2.05, 4.69) is 15.0 Å². The Balaban J connectivity index is 1.55. The Morgan fingerprint density at radius 3 is 2.49 bits per heavy atom. The van der Waals surface area contributed by atoms with Crippen molar-refractivity contribution >= 4 is 28.6 Å². The lowest BCUT2D eigenvalue weighted by atomic mass is 10.0. The van der Waals surface area contributed by atoms with E-state index < -0.39 is 31.1 Å². The summed E-state index contributed by atoms with van der Waals surface area (Å²) in [7, 11) is 1.80. The van der Waals surface area contributed by atoms with Gasteiger partial charge in [-0.1, -0.05) is 30.3 Å². The summed E-state index contributed by atoms with van der Waals surface area (Å²) in [6.07, 6.45) is -3.34. The van der Waals surface area contributed by atoms with E-state index in [0.717, 1.165) is 22.4 Å². The molecule has 1 aliphatic rings. The van der Waals surface area contributed by atoms with Crippen LogP contribution in [-0.4, -0.2) is 71.9 Å². The minimum absolute atomic E-state index is 0.0299. The summed E-state index contributed by atoms with van der Waals surface area (Å²) in [5.74, 6) is 0.520. The number of hydrogen-bond acceptors (Lipinski definition) is 10. The average molecular weight is 479 g/mol. The van der Waals surface area contributed by atoms with Gasteiger partial charge in [0.15, 0.2) is 23.2 Å². The van der Waals surface area contributed by atoms with Crippen molar-refractivity contribution in [2.75, 3.05) is 24.3 Å². The Morgan fingerprint density at radius 2 is 1.80 bits per heavy atom. The number of benzene rings is 2. The number of hydrogen-bond donors (Lipinski definition) is 5. The number of ether oxygens (including phenoxy) is 1. The van der Waals surface area contributed by atoms with Gasteiger partial charge in [-0.25, -0.2) is 15.0 Å². The van der Waals surface area contributed by atoms with Crippen molar-refractivity contribution in [3.05, 3.63) is 60.4 Å².